The summed E-state index contributed by atoms with van der Waals surface area (Å²) in [5.41, 5.74) is 0. The fourth-order valence-electron chi connectivity index (χ4n) is 1.13. The van der Waals surface area contributed by atoms with Crippen molar-refractivity contribution in [2.24, 2.45) is 0 Å². The maximum absolute atomic E-state index is 9.51. The molecule has 0 spiro atoms. The van der Waals surface area contributed by atoms with E-state index in [2.05, 4.69) is 18.5 Å². The maximum atomic E-state index is 9.51. The van der Waals surface area contributed by atoms with Crippen LogP contribution in [0.25, 0.3) is 0 Å². The topological polar surface area (TPSA) is 41.5 Å². The van der Waals surface area contributed by atoms with Gasteiger partial charge in [0.1, 0.15) is 0 Å². The second kappa shape index (κ2) is 12.3. The molecule has 0 aromatic rings. The highest BCUT2D eigenvalue weighted by molar-refractivity contribution is 7.98. The normalized spacial score (nSPS) is 13.0. The van der Waals surface area contributed by atoms with Crippen LogP contribution in [0.15, 0.2) is 0 Å². The van der Waals surface area contributed by atoms with E-state index in [-0.39, 0.29) is 6.10 Å². The van der Waals surface area contributed by atoms with Gasteiger partial charge in [0, 0.05) is 13.2 Å². The van der Waals surface area contributed by atoms with Crippen molar-refractivity contribution in [2.45, 2.75) is 32.3 Å². The quantitative estimate of drug-likeness (QED) is 0.533. The molecule has 1 atom stereocenters. The van der Waals surface area contributed by atoms with E-state index in [1.807, 2.05) is 11.8 Å². The van der Waals surface area contributed by atoms with Crippen LogP contribution < -0.4 is 5.32 Å². The van der Waals surface area contributed by atoms with Crippen molar-refractivity contribution >= 4 is 11.8 Å². The van der Waals surface area contributed by atoms with E-state index in [1.54, 1.807) is 0 Å². The standard InChI is InChI=1S/C11H25NO2S/c1-3-4-7-14-10-11(13)9-12-6-5-8-15-2/h11-13H,3-10H2,1-2H3. The Morgan fingerprint density at radius 1 is 1.40 bits per heavy atom. The molecule has 0 aromatic heterocycles. The lowest BCUT2D eigenvalue weighted by molar-refractivity contribution is 0.0360. The molecule has 0 saturated heterocycles. The third-order valence-corrected chi connectivity index (χ3v) is 2.73. The monoisotopic (exact) mass is 235 g/mol. The van der Waals surface area contributed by atoms with Gasteiger partial charge in [0.25, 0.3) is 0 Å². The summed E-state index contributed by atoms with van der Waals surface area (Å²) in [5, 5.41) is 12.7. The summed E-state index contributed by atoms with van der Waals surface area (Å²) in [4.78, 5) is 0. The van der Waals surface area contributed by atoms with Crippen molar-refractivity contribution in [3.05, 3.63) is 0 Å². The minimum atomic E-state index is -0.365. The molecule has 0 aliphatic rings. The highest BCUT2D eigenvalue weighted by Crippen LogP contribution is 1.94. The minimum absolute atomic E-state index is 0.365. The van der Waals surface area contributed by atoms with E-state index in [4.69, 9.17) is 4.74 Å². The van der Waals surface area contributed by atoms with Gasteiger partial charge in [-0.05, 0) is 31.4 Å². The Hall–Kier alpha value is 0.230. The average molecular weight is 235 g/mol. The molecule has 2 N–H and O–H groups in total. The highest BCUT2D eigenvalue weighted by atomic mass is 32.2. The lowest BCUT2D eigenvalue weighted by Gasteiger charge is -2.11. The van der Waals surface area contributed by atoms with E-state index >= 15 is 0 Å². The van der Waals surface area contributed by atoms with Crippen molar-refractivity contribution in [1.29, 1.82) is 0 Å². The van der Waals surface area contributed by atoms with Crippen LogP contribution in [0.1, 0.15) is 26.2 Å². The van der Waals surface area contributed by atoms with Crippen LogP contribution in [0.2, 0.25) is 0 Å². The molecule has 1 unspecified atom stereocenters. The number of hydrogen-bond acceptors (Lipinski definition) is 4. The van der Waals surface area contributed by atoms with Crippen molar-refractivity contribution in [1.82, 2.24) is 5.32 Å². The molecule has 4 heteroatoms. The molecule has 15 heavy (non-hydrogen) atoms. The average Bonchev–Trinajstić information content (AvgIpc) is 2.24. The van der Waals surface area contributed by atoms with Crippen LogP contribution in [0, 0.1) is 0 Å². The summed E-state index contributed by atoms with van der Waals surface area (Å²) < 4.78 is 5.32. The number of nitrogens with one attached hydrogen (secondary N) is 1. The molecule has 0 radical (unpaired) electrons. The van der Waals surface area contributed by atoms with Gasteiger partial charge in [0.2, 0.25) is 0 Å². The van der Waals surface area contributed by atoms with E-state index in [1.165, 1.54) is 5.75 Å². The van der Waals surface area contributed by atoms with Crippen molar-refractivity contribution < 1.29 is 9.84 Å². The third kappa shape index (κ3) is 12.2. The summed E-state index contributed by atoms with van der Waals surface area (Å²) >= 11 is 1.85. The maximum Gasteiger partial charge on any atom is 0.0897 e. The molecule has 0 aliphatic heterocycles. The van der Waals surface area contributed by atoms with Gasteiger partial charge in [-0.2, -0.15) is 11.8 Å². The van der Waals surface area contributed by atoms with Gasteiger partial charge in [-0.25, -0.2) is 0 Å². The van der Waals surface area contributed by atoms with Gasteiger partial charge in [0.05, 0.1) is 12.7 Å². The fourth-order valence-corrected chi connectivity index (χ4v) is 1.57. The summed E-state index contributed by atoms with van der Waals surface area (Å²) in [5.74, 6) is 1.18. The van der Waals surface area contributed by atoms with Gasteiger partial charge >= 0.3 is 0 Å². The zero-order valence-corrected chi connectivity index (χ0v) is 10.8. The molecular weight excluding hydrogens is 210 g/mol. The van der Waals surface area contributed by atoms with Crippen LogP contribution in [-0.2, 0) is 4.74 Å². The molecule has 0 amide bonds. The van der Waals surface area contributed by atoms with Crippen molar-refractivity contribution in [3.63, 3.8) is 0 Å². The lowest BCUT2D eigenvalue weighted by Crippen LogP contribution is -2.31. The first-order chi connectivity index (χ1) is 7.31. The summed E-state index contributed by atoms with van der Waals surface area (Å²) in [7, 11) is 0. The van der Waals surface area contributed by atoms with E-state index in [0.717, 1.165) is 32.4 Å². The molecule has 92 valence electrons. The van der Waals surface area contributed by atoms with Gasteiger partial charge in [-0.1, -0.05) is 13.3 Å². The zero-order chi connectivity index (χ0) is 11.4. The predicted molar refractivity (Wildman–Crippen MR) is 67.6 cm³/mol. The van der Waals surface area contributed by atoms with E-state index in [0.29, 0.717) is 13.2 Å². The Morgan fingerprint density at radius 2 is 2.20 bits per heavy atom. The number of rotatable bonds is 11. The van der Waals surface area contributed by atoms with Crippen LogP contribution in [0.3, 0.4) is 0 Å². The molecule has 0 bridgehead atoms. The molecule has 3 nitrogen and oxygen atoms in total. The predicted octanol–water partition coefficient (Wildman–Crippen LogP) is 1.51. The number of aliphatic hydroxyl groups is 1. The van der Waals surface area contributed by atoms with Gasteiger partial charge in [-0.3, -0.25) is 0 Å². The van der Waals surface area contributed by atoms with Gasteiger partial charge in [0.15, 0.2) is 0 Å². The highest BCUT2D eigenvalue weighted by Gasteiger charge is 2.02. The van der Waals surface area contributed by atoms with Crippen LogP contribution in [0.5, 0.6) is 0 Å². The number of unbranched alkanes of at least 4 members (excludes halogenated alkanes) is 1. The molecule has 0 aliphatic carbocycles. The van der Waals surface area contributed by atoms with Crippen molar-refractivity contribution in [2.75, 3.05) is 38.3 Å². The Morgan fingerprint density at radius 3 is 2.87 bits per heavy atom. The van der Waals surface area contributed by atoms with Crippen LogP contribution in [-0.4, -0.2) is 49.5 Å². The Labute approximate surface area is 98.0 Å². The summed E-state index contributed by atoms with van der Waals surface area (Å²) in [6.07, 6.45) is 5.12. The number of thioether (sulfide) groups is 1. The molecular formula is C11H25NO2S. The molecule has 0 saturated carbocycles. The smallest absolute Gasteiger partial charge is 0.0897 e. The van der Waals surface area contributed by atoms with Crippen LogP contribution in [0.4, 0.5) is 0 Å². The van der Waals surface area contributed by atoms with E-state index in [9.17, 15) is 5.11 Å². The molecule has 0 aromatic carbocycles. The number of aliphatic hydroxyl groups excluding tert-OH is 1. The fraction of sp³-hybridized carbons (Fsp3) is 1.00. The van der Waals surface area contributed by atoms with Crippen LogP contribution >= 0.6 is 11.8 Å². The Balaban J connectivity index is 3.08. The Kier molecular flexibility index (Phi) is 12.5. The first-order valence-electron chi connectivity index (χ1n) is 5.76. The first kappa shape index (κ1) is 15.2. The first-order valence-corrected chi connectivity index (χ1v) is 7.16. The zero-order valence-electron chi connectivity index (χ0n) is 10.00. The van der Waals surface area contributed by atoms with Crippen molar-refractivity contribution in [3.8, 4) is 0 Å². The summed E-state index contributed by atoms with van der Waals surface area (Å²) in [6, 6.07) is 0. The van der Waals surface area contributed by atoms with Gasteiger partial charge < -0.3 is 15.2 Å². The molecule has 0 heterocycles. The Bertz CT molecular complexity index is 125. The van der Waals surface area contributed by atoms with Gasteiger partial charge in [-0.15, -0.1) is 0 Å². The van der Waals surface area contributed by atoms with E-state index < -0.39 is 0 Å². The minimum Gasteiger partial charge on any atom is -0.389 e. The molecule has 0 rings (SSSR count). The second-order valence-electron chi connectivity index (χ2n) is 3.63. The third-order valence-electron chi connectivity index (χ3n) is 2.03. The summed E-state index contributed by atoms with van der Waals surface area (Å²) in [6.45, 7) is 4.97. The second-order valence-corrected chi connectivity index (χ2v) is 4.62. The number of hydrogen-bond donors (Lipinski definition) is 2. The largest absolute Gasteiger partial charge is 0.389 e. The lowest BCUT2D eigenvalue weighted by atomic mass is 10.3. The SMILES string of the molecule is CCCCOCC(O)CNCCCSC. The number of ether oxygens (including phenoxy) is 1. The molecule has 0 fully saturated rings.